The first-order chi connectivity index (χ1) is 17.4. The molecule has 178 valence electrons. The minimum atomic E-state index is -0.782. The summed E-state index contributed by atoms with van der Waals surface area (Å²) in [5.74, 6) is -1.07. The summed E-state index contributed by atoms with van der Waals surface area (Å²) in [7, 11) is 0. The molecule has 2 bridgehead atoms. The van der Waals surface area contributed by atoms with E-state index in [0.717, 1.165) is 0 Å². The van der Waals surface area contributed by atoms with Crippen LogP contribution in [0.2, 0.25) is 0 Å². The van der Waals surface area contributed by atoms with Crippen LogP contribution in [-0.4, -0.2) is 29.6 Å². The maximum Gasteiger partial charge on any atom is 0.240 e. The molecule has 0 N–H and O–H groups in total. The van der Waals surface area contributed by atoms with Crippen LogP contribution in [0.1, 0.15) is 37.3 Å². The summed E-state index contributed by atoms with van der Waals surface area (Å²) in [5, 5.41) is 20.1. The lowest BCUT2D eigenvalue weighted by atomic mass is 9.67. The number of anilines is 1. The number of hydrogen-bond donors (Lipinski definition) is 0. The standard InChI is InChI=1S/C29H23N3O4/c1-28-11-12-29(36-28,13-14-35-20-6-4-5-18(15-20)16-30)25-24(28)26(33)32(27(25)34)23-10-9-19(17-31)21-7-2-3-8-22(21)23/h2-10,15,24-25H,11-14H2,1H3/t24-,25+,28-,29-/m1/s1. The minimum absolute atomic E-state index is 0.244. The van der Waals surface area contributed by atoms with Crippen LogP contribution in [0.25, 0.3) is 10.8 Å². The van der Waals surface area contributed by atoms with Gasteiger partial charge in [0.2, 0.25) is 11.8 Å². The van der Waals surface area contributed by atoms with Gasteiger partial charge in [0.25, 0.3) is 0 Å². The van der Waals surface area contributed by atoms with Gasteiger partial charge in [-0.1, -0.05) is 30.3 Å². The molecule has 4 atom stereocenters. The molecule has 0 saturated carbocycles. The van der Waals surface area contributed by atoms with Crippen LogP contribution in [0.5, 0.6) is 5.75 Å². The molecule has 36 heavy (non-hydrogen) atoms. The lowest BCUT2D eigenvalue weighted by Gasteiger charge is -2.31. The lowest BCUT2D eigenvalue weighted by molar-refractivity contribution is -0.131. The molecule has 3 fully saturated rings. The molecular formula is C29H23N3O4. The second-order valence-corrected chi connectivity index (χ2v) is 9.97. The number of ether oxygens (including phenoxy) is 2. The monoisotopic (exact) mass is 477 g/mol. The topological polar surface area (TPSA) is 103 Å². The largest absolute Gasteiger partial charge is 0.493 e. The number of nitrogens with zero attached hydrogens (tertiary/aromatic N) is 3. The number of carbonyl (C=O) groups excluding carboxylic acids is 2. The van der Waals surface area contributed by atoms with E-state index in [2.05, 4.69) is 12.1 Å². The number of fused-ring (bicyclic) bond motifs is 6. The second kappa shape index (κ2) is 7.91. The summed E-state index contributed by atoms with van der Waals surface area (Å²) < 4.78 is 12.4. The highest BCUT2D eigenvalue weighted by atomic mass is 16.5. The summed E-state index contributed by atoms with van der Waals surface area (Å²) in [6, 6.07) is 21.9. The van der Waals surface area contributed by atoms with Crippen LogP contribution in [0.15, 0.2) is 60.7 Å². The first-order valence-electron chi connectivity index (χ1n) is 12.0. The number of benzene rings is 3. The van der Waals surface area contributed by atoms with Crippen LogP contribution < -0.4 is 9.64 Å². The Morgan fingerprint density at radius 1 is 0.972 bits per heavy atom. The second-order valence-electron chi connectivity index (χ2n) is 9.97. The Morgan fingerprint density at radius 3 is 2.53 bits per heavy atom. The molecule has 6 rings (SSSR count). The molecule has 0 unspecified atom stereocenters. The van der Waals surface area contributed by atoms with Gasteiger partial charge in [0.1, 0.15) is 5.75 Å². The van der Waals surface area contributed by atoms with E-state index in [-0.39, 0.29) is 11.8 Å². The van der Waals surface area contributed by atoms with Crippen LogP contribution in [0.3, 0.4) is 0 Å². The highest BCUT2D eigenvalue weighted by Crippen LogP contribution is 2.62. The van der Waals surface area contributed by atoms with E-state index in [1.54, 1.807) is 36.4 Å². The van der Waals surface area contributed by atoms with E-state index in [1.165, 1.54) is 4.90 Å². The van der Waals surface area contributed by atoms with Crippen molar-refractivity contribution in [2.24, 2.45) is 11.8 Å². The van der Waals surface area contributed by atoms with Gasteiger partial charge in [-0.25, -0.2) is 4.90 Å². The van der Waals surface area contributed by atoms with E-state index >= 15 is 0 Å². The van der Waals surface area contributed by atoms with E-state index in [9.17, 15) is 14.9 Å². The Kier molecular flexibility index (Phi) is 4.90. The number of amides is 2. The summed E-state index contributed by atoms with van der Waals surface area (Å²) in [4.78, 5) is 29.0. The number of carbonyl (C=O) groups is 2. The molecule has 3 saturated heterocycles. The van der Waals surface area contributed by atoms with Crippen molar-refractivity contribution in [2.75, 3.05) is 11.5 Å². The Bertz CT molecular complexity index is 1520. The average molecular weight is 478 g/mol. The highest BCUT2D eigenvalue weighted by Gasteiger charge is 2.73. The fourth-order valence-corrected chi connectivity index (χ4v) is 6.42. The van der Waals surface area contributed by atoms with Crippen LogP contribution in [-0.2, 0) is 14.3 Å². The van der Waals surface area contributed by atoms with E-state index < -0.39 is 23.0 Å². The van der Waals surface area contributed by atoms with Gasteiger partial charge in [-0.15, -0.1) is 0 Å². The molecule has 3 aromatic rings. The van der Waals surface area contributed by atoms with Gasteiger partial charge in [-0.3, -0.25) is 9.59 Å². The number of rotatable bonds is 5. The molecule has 7 heteroatoms. The van der Waals surface area contributed by atoms with Gasteiger partial charge in [0.15, 0.2) is 0 Å². The van der Waals surface area contributed by atoms with Gasteiger partial charge < -0.3 is 9.47 Å². The van der Waals surface area contributed by atoms with Crippen molar-refractivity contribution in [3.63, 3.8) is 0 Å². The zero-order valence-electron chi connectivity index (χ0n) is 19.7. The molecule has 0 spiro atoms. The van der Waals surface area contributed by atoms with Crippen molar-refractivity contribution in [1.29, 1.82) is 10.5 Å². The first-order valence-corrected chi connectivity index (χ1v) is 12.0. The predicted molar refractivity (Wildman–Crippen MR) is 131 cm³/mol. The van der Waals surface area contributed by atoms with Crippen molar-refractivity contribution < 1.29 is 19.1 Å². The van der Waals surface area contributed by atoms with Crippen molar-refractivity contribution in [3.05, 3.63) is 71.8 Å². The van der Waals surface area contributed by atoms with Crippen molar-refractivity contribution in [3.8, 4) is 17.9 Å². The zero-order chi connectivity index (χ0) is 25.1. The zero-order valence-corrected chi connectivity index (χ0v) is 19.7. The third-order valence-corrected chi connectivity index (χ3v) is 8.03. The summed E-state index contributed by atoms with van der Waals surface area (Å²) >= 11 is 0. The van der Waals surface area contributed by atoms with Gasteiger partial charge in [-0.05, 0) is 50.1 Å². The third kappa shape index (κ3) is 3.07. The summed E-state index contributed by atoms with van der Waals surface area (Å²) in [6.07, 6.45) is 1.83. The van der Waals surface area contributed by atoms with Crippen LogP contribution >= 0.6 is 0 Å². The number of nitriles is 2. The molecule has 2 amide bonds. The van der Waals surface area contributed by atoms with Crippen LogP contribution in [0.4, 0.5) is 5.69 Å². The number of hydrogen-bond acceptors (Lipinski definition) is 6. The molecule has 3 aromatic carbocycles. The molecule has 3 aliphatic rings. The molecule has 3 aliphatic heterocycles. The first kappa shape index (κ1) is 22.3. The molecule has 7 nitrogen and oxygen atoms in total. The average Bonchev–Trinajstić information content (AvgIpc) is 3.48. The molecule has 3 heterocycles. The van der Waals surface area contributed by atoms with E-state index in [0.29, 0.717) is 59.2 Å². The van der Waals surface area contributed by atoms with E-state index in [4.69, 9.17) is 14.7 Å². The Labute approximate surface area is 208 Å². The van der Waals surface area contributed by atoms with Gasteiger partial charge in [-0.2, -0.15) is 10.5 Å². The maximum atomic E-state index is 13.9. The Hall–Kier alpha value is -4.20. The fourth-order valence-electron chi connectivity index (χ4n) is 6.42. The molecule has 0 aliphatic carbocycles. The smallest absolute Gasteiger partial charge is 0.240 e. The van der Waals surface area contributed by atoms with Crippen molar-refractivity contribution in [1.82, 2.24) is 0 Å². The van der Waals surface area contributed by atoms with Gasteiger partial charge in [0.05, 0.1) is 58.6 Å². The van der Waals surface area contributed by atoms with E-state index in [1.807, 2.05) is 31.2 Å². The fraction of sp³-hybridized carbons (Fsp3) is 0.310. The molecule has 0 aromatic heterocycles. The highest BCUT2D eigenvalue weighted by molar-refractivity contribution is 6.26. The molecular weight excluding hydrogens is 454 g/mol. The van der Waals surface area contributed by atoms with Gasteiger partial charge >= 0.3 is 0 Å². The summed E-state index contributed by atoms with van der Waals surface area (Å²) in [5.41, 5.74) is 0.0266. The summed E-state index contributed by atoms with van der Waals surface area (Å²) in [6.45, 7) is 2.23. The number of imide groups is 1. The SMILES string of the molecule is C[C@]12CC[C@](CCOc3cccc(C#N)c3)(O1)[C@@H]1C(=O)N(c3ccc(C#N)c4ccccc34)C(=O)[C@@H]12. The Balaban J connectivity index is 1.32. The maximum absolute atomic E-state index is 13.9. The van der Waals surface area contributed by atoms with Crippen molar-refractivity contribution in [2.45, 2.75) is 37.4 Å². The van der Waals surface area contributed by atoms with Crippen LogP contribution in [0, 0.1) is 34.5 Å². The predicted octanol–water partition coefficient (Wildman–Crippen LogP) is 4.48. The van der Waals surface area contributed by atoms with Gasteiger partial charge in [0, 0.05) is 17.2 Å². The molecule has 0 radical (unpaired) electrons. The Morgan fingerprint density at radius 2 is 1.75 bits per heavy atom. The lowest BCUT2D eigenvalue weighted by Crippen LogP contribution is -2.43. The minimum Gasteiger partial charge on any atom is -0.493 e. The quantitative estimate of drug-likeness (QED) is 0.502. The third-order valence-electron chi connectivity index (χ3n) is 8.03. The normalized spacial score (nSPS) is 28.2. The van der Waals surface area contributed by atoms with Crippen molar-refractivity contribution >= 4 is 28.3 Å².